The van der Waals surface area contributed by atoms with Gasteiger partial charge in [0.25, 0.3) is 0 Å². The molecule has 126 valence electrons. The van der Waals surface area contributed by atoms with E-state index in [0.717, 1.165) is 5.56 Å². The van der Waals surface area contributed by atoms with Gasteiger partial charge in [0.05, 0.1) is 12.4 Å². The second-order valence-electron chi connectivity index (χ2n) is 5.19. The van der Waals surface area contributed by atoms with Gasteiger partial charge in [-0.05, 0) is 24.6 Å². The number of carbonyl (C=O) groups is 2. The van der Waals surface area contributed by atoms with Crippen molar-refractivity contribution < 1.29 is 18.7 Å². The fourth-order valence-electron chi connectivity index (χ4n) is 2.28. The van der Waals surface area contributed by atoms with Gasteiger partial charge in [-0.3, -0.25) is 4.79 Å². The monoisotopic (exact) mass is 340 g/mol. The van der Waals surface area contributed by atoms with Crippen LogP contribution >= 0.6 is 11.8 Å². The van der Waals surface area contributed by atoms with E-state index < -0.39 is 0 Å². The third-order valence-corrected chi connectivity index (χ3v) is 4.55. The molecule has 0 atom stereocenters. The molecule has 0 aromatic heterocycles. The van der Waals surface area contributed by atoms with E-state index in [1.807, 2.05) is 0 Å². The lowest BCUT2D eigenvalue weighted by molar-refractivity contribution is -0.129. The highest BCUT2D eigenvalue weighted by Gasteiger charge is 2.24. The average molecular weight is 340 g/mol. The number of ether oxygens (including phenoxy) is 1. The fourth-order valence-corrected chi connectivity index (χ4v) is 3.17. The number of nitrogens with zero attached hydrogens (tertiary/aromatic N) is 2. The van der Waals surface area contributed by atoms with Crippen molar-refractivity contribution in [3.05, 3.63) is 35.6 Å². The van der Waals surface area contributed by atoms with Crippen LogP contribution in [0.3, 0.4) is 0 Å². The Hall–Kier alpha value is -1.76. The number of hydrogen-bond acceptors (Lipinski definition) is 4. The summed E-state index contributed by atoms with van der Waals surface area (Å²) in [4.78, 5) is 27.1. The Kier molecular flexibility index (Phi) is 6.70. The minimum atomic E-state index is -0.315. The van der Waals surface area contributed by atoms with Crippen LogP contribution in [0.25, 0.3) is 0 Å². The highest BCUT2D eigenvalue weighted by molar-refractivity contribution is 7.99. The molecular formula is C16H21FN2O3S. The van der Waals surface area contributed by atoms with E-state index in [1.54, 1.807) is 28.9 Å². The molecule has 5 nitrogen and oxygen atoms in total. The molecule has 0 spiro atoms. The summed E-state index contributed by atoms with van der Waals surface area (Å²) in [6.07, 6.45) is -0.315. The summed E-state index contributed by atoms with van der Waals surface area (Å²) >= 11 is 1.51. The van der Waals surface area contributed by atoms with Crippen molar-refractivity contribution in [2.75, 3.05) is 38.5 Å². The van der Waals surface area contributed by atoms with Gasteiger partial charge in [0, 0.05) is 31.9 Å². The molecule has 1 aliphatic heterocycles. The second-order valence-corrected chi connectivity index (χ2v) is 6.17. The molecule has 0 saturated carbocycles. The first kappa shape index (κ1) is 17.6. The van der Waals surface area contributed by atoms with Crippen LogP contribution in [-0.4, -0.2) is 60.3 Å². The minimum Gasteiger partial charge on any atom is -0.450 e. The van der Waals surface area contributed by atoms with Gasteiger partial charge < -0.3 is 14.5 Å². The van der Waals surface area contributed by atoms with Crippen molar-refractivity contribution in [1.82, 2.24) is 9.80 Å². The molecule has 2 amide bonds. The van der Waals surface area contributed by atoms with E-state index in [-0.39, 0.29) is 17.8 Å². The molecule has 2 rings (SSSR count). The third kappa shape index (κ3) is 5.42. The SMILES string of the molecule is CCOC(=O)N1CCN(C(=O)CSCc2ccc(F)cc2)CC1. The maximum Gasteiger partial charge on any atom is 0.409 e. The molecule has 23 heavy (non-hydrogen) atoms. The van der Waals surface area contributed by atoms with E-state index in [4.69, 9.17) is 4.74 Å². The fraction of sp³-hybridized carbons (Fsp3) is 0.500. The summed E-state index contributed by atoms with van der Waals surface area (Å²) in [5, 5.41) is 0. The van der Waals surface area contributed by atoms with E-state index in [2.05, 4.69) is 0 Å². The smallest absolute Gasteiger partial charge is 0.409 e. The molecule has 1 aromatic rings. The zero-order chi connectivity index (χ0) is 16.7. The van der Waals surface area contributed by atoms with Crippen LogP contribution in [0, 0.1) is 5.82 Å². The molecular weight excluding hydrogens is 319 g/mol. The first-order valence-corrected chi connectivity index (χ1v) is 8.77. The van der Waals surface area contributed by atoms with E-state index in [0.29, 0.717) is 44.3 Å². The molecule has 1 aromatic carbocycles. The van der Waals surface area contributed by atoms with Crippen LogP contribution in [0.4, 0.5) is 9.18 Å². The average Bonchev–Trinajstić information content (AvgIpc) is 2.57. The molecule has 1 aliphatic rings. The standard InChI is InChI=1S/C16H21FN2O3S/c1-2-22-16(21)19-9-7-18(8-10-19)15(20)12-23-11-13-3-5-14(17)6-4-13/h3-6H,2,7-12H2,1H3. The lowest BCUT2D eigenvalue weighted by Gasteiger charge is -2.34. The Labute approximate surface area is 139 Å². The molecule has 1 fully saturated rings. The Bertz CT molecular complexity index is 531. The summed E-state index contributed by atoms with van der Waals surface area (Å²) < 4.78 is 17.8. The third-order valence-electron chi connectivity index (χ3n) is 3.57. The highest BCUT2D eigenvalue weighted by atomic mass is 32.2. The summed E-state index contributed by atoms with van der Waals surface area (Å²) in [5.74, 6) is 0.876. The van der Waals surface area contributed by atoms with Crippen molar-refractivity contribution in [2.45, 2.75) is 12.7 Å². The van der Waals surface area contributed by atoms with Crippen LogP contribution in [0.1, 0.15) is 12.5 Å². The largest absolute Gasteiger partial charge is 0.450 e. The van der Waals surface area contributed by atoms with Gasteiger partial charge in [-0.25, -0.2) is 9.18 Å². The maximum atomic E-state index is 12.8. The molecule has 0 radical (unpaired) electrons. The normalized spacial score (nSPS) is 14.7. The number of amides is 2. The van der Waals surface area contributed by atoms with Crippen molar-refractivity contribution in [3.63, 3.8) is 0 Å². The van der Waals surface area contributed by atoms with Crippen molar-refractivity contribution in [1.29, 1.82) is 0 Å². The number of carbonyl (C=O) groups excluding carboxylic acids is 2. The molecule has 1 heterocycles. The summed E-state index contributed by atoms with van der Waals surface area (Å²) in [6, 6.07) is 6.30. The lowest BCUT2D eigenvalue weighted by atomic mass is 10.2. The van der Waals surface area contributed by atoms with Gasteiger partial charge in [-0.15, -0.1) is 11.8 Å². The Morgan fingerprint density at radius 2 is 1.74 bits per heavy atom. The van der Waals surface area contributed by atoms with Gasteiger partial charge in [-0.2, -0.15) is 0 Å². The maximum absolute atomic E-state index is 12.8. The minimum absolute atomic E-state index is 0.0700. The van der Waals surface area contributed by atoms with Crippen molar-refractivity contribution >= 4 is 23.8 Å². The van der Waals surface area contributed by atoms with E-state index in [1.165, 1.54) is 23.9 Å². The van der Waals surface area contributed by atoms with Crippen LogP contribution < -0.4 is 0 Å². The number of halogens is 1. The van der Waals surface area contributed by atoms with Crippen LogP contribution in [0.15, 0.2) is 24.3 Å². The second kappa shape index (κ2) is 8.76. The summed E-state index contributed by atoms with van der Waals surface area (Å²) in [6.45, 7) is 4.22. The highest BCUT2D eigenvalue weighted by Crippen LogP contribution is 2.14. The number of rotatable bonds is 5. The lowest BCUT2D eigenvalue weighted by Crippen LogP contribution is -2.51. The van der Waals surface area contributed by atoms with E-state index in [9.17, 15) is 14.0 Å². The van der Waals surface area contributed by atoms with Crippen LogP contribution in [0.5, 0.6) is 0 Å². The summed E-state index contributed by atoms with van der Waals surface area (Å²) in [7, 11) is 0. The molecule has 0 aliphatic carbocycles. The Morgan fingerprint density at radius 1 is 1.13 bits per heavy atom. The van der Waals surface area contributed by atoms with E-state index >= 15 is 0 Å². The van der Waals surface area contributed by atoms with Gasteiger partial charge in [0.1, 0.15) is 5.82 Å². The number of hydrogen-bond donors (Lipinski definition) is 0. The molecule has 7 heteroatoms. The topological polar surface area (TPSA) is 49.9 Å². The molecule has 0 bridgehead atoms. The van der Waals surface area contributed by atoms with Crippen LogP contribution in [0.2, 0.25) is 0 Å². The molecule has 0 unspecified atom stereocenters. The zero-order valence-electron chi connectivity index (χ0n) is 13.2. The zero-order valence-corrected chi connectivity index (χ0v) is 14.0. The Morgan fingerprint density at radius 3 is 2.35 bits per heavy atom. The van der Waals surface area contributed by atoms with Crippen molar-refractivity contribution in [2.24, 2.45) is 0 Å². The predicted octanol–water partition coefficient (Wildman–Crippen LogP) is 2.36. The van der Waals surface area contributed by atoms with Gasteiger partial charge in [-0.1, -0.05) is 12.1 Å². The Balaban J connectivity index is 1.68. The first-order valence-electron chi connectivity index (χ1n) is 7.62. The van der Waals surface area contributed by atoms with Gasteiger partial charge in [0.2, 0.25) is 5.91 Å². The van der Waals surface area contributed by atoms with Crippen molar-refractivity contribution in [3.8, 4) is 0 Å². The van der Waals surface area contributed by atoms with Gasteiger partial charge in [0.15, 0.2) is 0 Å². The number of thioether (sulfide) groups is 1. The number of benzene rings is 1. The van der Waals surface area contributed by atoms with Gasteiger partial charge >= 0.3 is 6.09 Å². The first-order chi connectivity index (χ1) is 11.1. The molecule has 1 saturated heterocycles. The van der Waals surface area contributed by atoms with Crippen LogP contribution in [-0.2, 0) is 15.3 Å². The predicted molar refractivity (Wildman–Crippen MR) is 87.7 cm³/mol. The molecule has 0 N–H and O–H groups in total. The quantitative estimate of drug-likeness (QED) is 0.826. The number of piperazine rings is 1. The summed E-state index contributed by atoms with van der Waals surface area (Å²) in [5.41, 5.74) is 0.997.